The molecule has 8 nitrogen and oxygen atoms in total. The summed E-state index contributed by atoms with van der Waals surface area (Å²) in [4.78, 5) is 17.6. The SMILES string of the molecule is CCOc1ccc(-c2ccc(NC(=O)C3(c4cccc(F)c4C)CC3)cc2-c2nnn[nH]2)cn1. The number of hydrogen-bond donors (Lipinski definition) is 2. The van der Waals surface area contributed by atoms with Crippen LogP contribution in [-0.2, 0) is 10.2 Å². The monoisotopic (exact) mass is 458 g/mol. The Kier molecular flexibility index (Phi) is 5.53. The first-order valence-electron chi connectivity index (χ1n) is 11.1. The van der Waals surface area contributed by atoms with Crippen molar-refractivity contribution in [3.8, 4) is 28.4 Å². The fraction of sp³-hybridized carbons (Fsp3) is 0.240. The second-order valence-corrected chi connectivity index (χ2v) is 8.28. The molecule has 2 N–H and O–H groups in total. The molecule has 1 aliphatic rings. The number of carbonyl (C=O) groups is 1. The van der Waals surface area contributed by atoms with Gasteiger partial charge in [0.15, 0.2) is 5.82 Å². The molecule has 2 heterocycles. The Morgan fingerprint density at radius 2 is 2.03 bits per heavy atom. The Morgan fingerprint density at radius 1 is 1.18 bits per heavy atom. The van der Waals surface area contributed by atoms with Crippen LogP contribution in [0.2, 0.25) is 0 Å². The maximum absolute atomic E-state index is 14.1. The molecule has 1 aliphatic carbocycles. The second-order valence-electron chi connectivity index (χ2n) is 8.28. The van der Waals surface area contributed by atoms with Crippen LogP contribution < -0.4 is 10.1 Å². The number of anilines is 1. The number of amides is 1. The number of ether oxygens (including phenoxy) is 1. The number of benzene rings is 2. The molecule has 1 saturated carbocycles. The van der Waals surface area contributed by atoms with Crippen LogP contribution in [0.3, 0.4) is 0 Å². The van der Waals surface area contributed by atoms with Gasteiger partial charge in [0.1, 0.15) is 5.82 Å². The van der Waals surface area contributed by atoms with E-state index in [0.29, 0.717) is 48.0 Å². The summed E-state index contributed by atoms with van der Waals surface area (Å²) >= 11 is 0. The van der Waals surface area contributed by atoms with Crippen LogP contribution in [0.25, 0.3) is 22.5 Å². The largest absolute Gasteiger partial charge is 0.478 e. The molecule has 0 unspecified atom stereocenters. The van der Waals surface area contributed by atoms with E-state index in [2.05, 4.69) is 30.9 Å². The van der Waals surface area contributed by atoms with Crippen LogP contribution in [-0.4, -0.2) is 38.1 Å². The van der Waals surface area contributed by atoms with Crippen LogP contribution in [0.1, 0.15) is 30.9 Å². The van der Waals surface area contributed by atoms with Crippen LogP contribution in [0.15, 0.2) is 54.7 Å². The lowest BCUT2D eigenvalue weighted by Crippen LogP contribution is -2.28. The van der Waals surface area contributed by atoms with Gasteiger partial charge in [-0.2, -0.15) is 0 Å². The van der Waals surface area contributed by atoms with Crippen molar-refractivity contribution in [1.29, 1.82) is 0 Å². The van der Waals surface area contributed by atoms with E-state index in [0.717, 1.165) is 16.7 Å². The second kappa shape index (κ2) is 8.66. The van der Waals surface area contributed by atoms with Crippen molar-refractivity contribution in [3.63, 3.8) is 0 Å². The molecule has 2 aromatic heterocycles. The molecule has 0 saturated heterocycles. The number of halogens is 1. The molecule has 9 heteroatoms. The maximum atomic E-state index is 14.1. The molecule has 5 rings (SSSR count). The van der Waals surface area contributed by atoms with E-state index in [1.54, 1.807) is 25.3 Å². The number of aromatic nitrogens is 5. The normalized spacial score (nSPS) is 14.0. The number of aromatic amines is 1. The van der Waals surface area contributed by atoms with E-state index in [4.69, 9.17) is 4.74 Å². The number of carbonyl (C=O) groups excluding carboxylic acids is 1. The summed E-state index contributed by atoms with van der Waals surface area (Å²) in [5, 5.41) is 17.2. The van der Waals surface area contributed by atoms with Crippen LogP contribution in [0, 0.1) is 12.7 Å². The van der Waals surface area contributed by atoms with Crippen molar-refractivity contribution in [1.82, 2.24) is 25.6 Å². The molecule has 0 atom stereocenters. The van der Waals surface area contributed by atoms with Gasteiger partial charge in [-0.25, -0.2) is 14.5 Å². The molecule has 34 heavy (non-hydrogen) atoms. The first kappa shape index (κ1) is 21.7. The van der Waals surface area contributed by atoms with Crippen LogP contribution in [0.5, 0.6) is 5.88 Å². The number of nitrogens with zero attached hydrogens (tertiary/aromatic N) is 4. The summed E-state index contributed by atoms with van der Waals surface area (Å²) in [6, 6.07) is 14.1. The summed E-state index contributed by atoms with van der Waals surface area (Å²) in [5.41, 5.74) is 3.54. The van der Waals surface area contributed by atoms with E-state index in [9.17, 15) is 9.18 Å². The highest BCUT2D eigenvalue weighted by molar-refractivity contribution is 6.02. The smallest absolute Gasteiger partial charge is 0.235 e. The van der Waals surface area contributed by atoms with E-state index in [1.807, 2.05) is 37.3 Å². The maximum Gasteiger partial charge on any atom is 0.235 e. The van der Waals surface area contributed by atoms with Gasteiger partial charge in [-0.15, -0.1) is 5.10 Å². The molecule has 172 valence electrons. The first-order chi connectivity index (χ1) is 16.5. The molecule has 0 aliphatic heterocycles. The summed E-state index contributed by atoms with van der Waals surface area (Å²) < 4.78 is 19.6. The van der Waals surface area contributed by atoms with Gasteiger partial charge in [-0.1, -0.05) is 18.2 Å². The third-order valence-electron chi connectivity index (χ3n) is 6.19. The van der Waals surface area contributed by atoms with Crippen molar-refractivity contribution >= 4 is 11.6 Å². The molecule has 0 spiro atoms. The quantitative estimate of drug-likeness (QED) is 0.424. The third-order valence-corrected chi connectivity index (χ3v) is 6.19. The summed E-state index contributed by atoms with van der Waals surface area (Å²) in [5.74, 6) is 0.547. The van der Waals surface area contributed by atoms with E-state index in [1.165, 1.54) is 6.07 Å². The van der Waals surface area contributed by atoms with Gasteiger partial charge in [0.25, 0.3) is 0 Å². The van der Waals surface area contributed by atoms with Gasteiger partial charge >= 0.3 is 0 Å². The topological polar surface area (TPSA) is 106 Å². The zero-order valence-electron chi connectivity index (χ0n) is 18.8. The van der Waals surface area contributed by atoms with Gasteiger partial charge in [0.05, 0.1) is 12.0 Å². The van der Waals surface area contributed by atoms with Crippen molar-refractivity contribution in [2.75, 3.05) is 11.9 Å². The minimum Gasteiger partial charge on any atom is -0.478 e. The highest BCUT2D eigenvalue weighted by Gasteiger charge is 2.52. The standard InChI is InChI=1S/C25H23FN6O2/c1-3-34-22-10-7-16(14-27-22)18-9-8-17(13-19(18)23-29-31-32-30-23)28-24(33)25(11-12-25)20-5-4-6-21(26)15(20)2/h4-10,13-14H,3,11-12H2,1-2H3,(H,28,33)(H,29,30,31,32). The minimum absolute atomic E-state index is 0.154. The summed E-state index contributed by atoms with van der Waals surface area (Å²) in [6.07, 6.45) is 3.08. The van der Waals surface area contributed by atoms with E-state index >= 15 is 0 Å². The number of H-pyrrole nitrogens is 1. The zero-order chi connectivity index (χ0) is 23.7. The lowest BCUT2D eigenvalue weighted by atomic mass is 9.90. The Bertz CT molecular complexity index is 1330. The first-order valence-corrected chi connectivity index (χ1v) is 11.1. The van der Waals surface area contributed by atoms with Gasteiger partial charge < -0.3 is 10.1 Å². The molecule has 4 aromatic rings. The number of tetrazole rings is 1. The Hall–Kier alpha value is -4.14. The van der Waals surface area contributed by atoms with Crippen LogP contribution >= 0.6 is 0 Å². The Labute approximate surface area is 195 Å². The average molecular weight is 458 g/mol. The van der Waals surface area contributed by atoms with Gasteiger partial charge in [0, 0.05) is 29.1 Å². The summed E-state index contributed by atoms with van der Waals surface area (Å²) in [6.45, 7) is 4.15. The molecular formula is C25H23FN6O2. The molecule has 1 amide bonds. The predicted molar refractivity (Wildman–Crippen MR) is 125 cm³/mol. The predicted octanol–water partition coefficient (Wildman–Crippen LogP) is 4.45. The summed E-state index contributed by atoms with van der Waals surface area (Å²) in [7, 11) is 0. The van der Waals surface area contributed by atoms with Gasteiger partial charge in [0.2, 0.25) is 11.8 Å². The number of pyridine rings is 1. The molecule has 1 fully saturated rings. The van der Waals surface area contributed by atoms with Gasteiger partial charge in [-0.3, -0.25) is 4.79 Å². The zero-order valence-corrected chi connectivity index (χ0v) is 18.8. The van der Waals surface area contributed by atoms with Crippen molar-refractivity contribution in [3.05, 3.63) is 71.7 Å². The van der Waals surface area contributed by atoms with Crippen LogP contribution in [0.4, 0.5) is 10.1 Å². The van der Waals surface area contributed by atoms with E-state index < -0.39 is 5.41 Å². The fourth-order valence-corrected chi connectivity index (χ4v) is 4.24. The lowest BCUT2D eigenvalue weighted by molar-refractivity contribution is -0.118. The lowest BCUT2D eigenvalue weighted by Gasteiger charge is -2.19. The highest BCUT2D eigenvalue weighted by atomic mass is 19.1. The average Bonchev–Trinajstić information content (AvgIpc) is 3.47. The number of hydrogen-bond acceptors (Lipinski definition) is 6. The number of nitrogens with one attached hydrogen (secondary N) is 2. The molecule has 0 radical (unpaired) electrons. The highest BCUT2D eigenvalue weighted by Crippen LogP contribution is 2.50. The van der Waals surface area contributed by atoms with Gasteiger partial charge in [-0.05, 0) is 78.1 Å². The Balaban J connectivity index is 1.47. The third kappa shape index (κ3) is 3.89. The number of rotatable bonds is 7. The molecule has 0 bridgehead atoms. The van der Waals surface area contributed by atoms with Crippen molar-refractivity contribution in [2.45, 2.75) is 32.1 Å². The molecule has 2 aromatic carbocycles. The fourth-order valence-electron chi connectivity index (χ4n) is 4.24. The van der Waals surface area contributed by atoms with Crippen molar-refractivity contribution in [2.24, 2.45) is 0 Å². The minimum atomic E-state index is -0.710. The molecular weight excluding hydrogens is 435 g/mol. The van der Waals surface area contributed by atoms with Crippen molar-refractivity contribution < 1.29 is 13.9 Å². The Morgan fingerprint density at radius 3 is 2.71 bits per heavy atom. The van der Waals surface area contributed by atoms with E-state index in [-0.39, 0.29) is 11.7 Å².